The molecule has 0 spiro atoms. The zero-order chi connectivity index (χ0) is 26.8. The summed E-state index contributed by atoms with van der Waals surface area (Å²) in [5, 5.41) is 2.35. The number of likely N-dealkylation sites (tertiary alicyclic amines) is 1. The van der Waals surface area contributed by atoms with E-state index < -0.39 is 6.04 Å². The number of ether oxygens (including phenoxy) is 2. The average molecular weight is 527 g/mol. The van der Waals surface area contributed by atoms with E-state index >= 15 is 0 Å². The first-order valence-corrected chi connectivity index (χ1v) is 13.9. The van der Waals surface area contributed by atoms with Crippen molar-refractivity contribution in [2.75, 3.05) is 37.7 Å². The highest BCUT2D eigenvalue weighted by atomic mass is 16.6. The summed E-state index contributed by atoms with van der Waals surface area (Å²) < 4.78 is 11.8. The highest BCUT2D eigenvalue weighted by molar-refractivity contribution is 6.05. The van der Waals surface area contributed by atoms with Crippen molar-refractivity contribution in [2.45, 2.75) is 77.2 Å². The molecular formula is C28H38N4O6. The zero-order valence-corrected chi connectivity index (χ0v) is 22.3. The molecule has 1 N–H and O–H groups in total. The molecule has 0 radical (unpaired) electrons. The molecule has 4 aliphatic rings. The zero-order valence-electron chi connectivity index (χ0n) is 22.3. The van der Waals surface area contributed by atoms with Crippen LogP contribution < -0.4 is 10.2 Å². The van der Waals surface area contributed by atoms with E-state index in [1.807, 2.05) is 26.0 Å². The van der Waals surface area contributed by atoms with Crippen LogP contribution in [0.2, 0.25) is 0 Å². The average Bonchev–Trinajstić information content (AvgIpc) is 3.23. The lowest BCUT2D eigenvalue weighted by molar-refractivity contribution is -0.136. The van der Waals surface area contributed by atoms with Crippen molar-refractivity contribution < 1.29 is 28.7 Å². The van der Waals surface area contributed by atoms with Gasteiger partial charge in [0, 0.05) is 50.4 Å². The monoisotopic (exact) mass is 526 g/mol. The molecule has 0 saturated carbocycles. The van der Waals surface area contributed by atoms with E-state index in [2.05, 4.69) is 16.3 Å². The molecule has 4 amide bonds. The summed E-state index contributed by atoms with van der Waals surface area (Å²) in [7, 11) is 0. The SMILES string of the molecule is CC(C)COC(=O)N1CCC(OC2CCN(c3ccc4c(c3)CN(C3CCC(=O)NC3=O)C4=O)CC2)CC1. The van der Waals surface area contributed by atoms with Crippen LogP contribution in [-0.4, -0.2) is 84.7 Å². The molecule has 1 atom stereocenters. The fraction of sp³-hybridized carbons (Fsp3) is 0.643. The molecule has 1 aromatic carbocycles. The van der Waals surface area contributed by atoms with Crippen molar-refractivity contribution in [3.63, 3.8) is 0 Å². The summed E-state index contributed by atoms with van der Waals surface area (Å²) in [6, 6.07) is 5.32. The largest absolute Gasteiger partial charge is 0.449 e. The van der Waals surface area contributed by atoms with Crippen molar-refractivity contribution in [1.29, 1.82) is 0 Å². The summed E-state index contributed by atoms with van der Waals surface area (Å²) >= 11 is 0. The minimum absolute atomic E-state index is 0.146. The van der Waals surface area contributed by atoms with E-state index in [9.17, 15) is 19.2 Å². The molecule has 3 fully saturated rings. The summed E-state index contributed by atoms with van der Waals surface area (Å²) in [5.41, 5.74) is 2.64. The maximum absolute atomic E-state index is 13.0. The number of imide groups is 1. The lowest BCUT2D eigenvalue weighted by Gasteiger charge is -2.37. The van der Waals surface area contributed by atoms with Gasteiger partial charge in [-0.05, 0) is 61.8 Å². The third kappa shape index (κ3) is 5.80. The van der Waals surface area contributed by atoms with Gasteiger partial charge in [0.05, 0.1) is 18.8 Å². The Morgan fingerprint density at radius 2 is 1.68 bits per heavy atom. The topological polar surface area (TPSA) is 108 Å². The minimum Gasteiger partial charge on any atom is -0.449 e. The van der Waals surface area contributed by atoms with Gasteiger partial charge in [-0.15, -0.1) is 0 Å². The Kier molecular flexibility index (Phi) is 7.88. The minimum atomic E-state index is -0.596. The Labute approximate surface area is 223 Å². The molecule has 4 heterocycles. The molecule has 0 aromatic heterocycles. The number of nitrogens with zero attached hydrogens (tertiary/aromatic N) is 3. The van der Waals surface area contributed by atoms with Crippen LogP contribution in [0.4, 0.5) is 10.5 Å². The number of nitrogens with one attached hydrogen (secondary N) is 1. The molecule has 1 unspecified atom stereocenters. The summed E-state index contributed by atoms with van der Waals surface area (Å²) in [6.45, 7) is 7.98. The highest BCUT2D eigenvalue weighted by Crippen LogP contribution is 2.32. The number of amides is 4. The summed E-state index contributed by atoms with van der Waals surface area (Å²) in [4.78, 5) is 54.6. The maximum atomic E-state index is 13.0. The van der Waals surface area contributed by atoms with Gasteiger partial charge in [-0.2, -0.15) is 0 Å². The molecule has 0 aliphatic carbocycles. The quantitative estimate of drug-likeness (QED) is 0.568. The van der Waals surface area contributed by atoms with Gasteiger partial charge in [-0.3, -0.25) is 19.7 Å². The first kappa shape index (κ1) is 26.5. The van der Waals surface area contributed by atoms with Gasteiger partial charge < -0.3 is 24.2 Å². The third-order valence-electron chi connectivity index (χ3n) is 7.94. The van der Waals surface area contributed by atoms with E-state index in [4.69, 9.17) is 9.47 Å². The van der Waals surface area contributed by atoms with Crippen LogP contribution in [0.3, 0.4) is 0 Å². The summed E-state index contributed by atoms with van der Waals surface area (Å²) in [6.07, 6.45) is 4.29. The van der Waals surface area contributed by atoms with Crippen LogP contribution in [-0.2, 0) is 25.6 Å². The van der Waals surface area contributed by atoms with Gasteiger partial charge in [-0.1, -0.05) is 13.8 Å². The lowest BCUT2D eigenvalue weighted by Crippen LogP contribution is -2.52. The number of piperidine rings is 3. The number of hydrogen-bond donors (Lipinski definition) is 1. The predicted octanol–water partition coefficient (Wildman–Crippen LogP) is 2.69. The number of rotatable bonds is 6. The Morgan fingerprint density at radius 1 is 1.00 bits per heavy atom. The molecule has 1 aromatic rings. The second-order valence-electron chi connectivity index (χ2n) is 11.2. The van der Waals surface area contributed by atoms with Gasteiger partial charge in [0.1, 0.15) is 6.04 Å². The van der Waals surface area contributed by atoms with E-state index in [1.165, 1.54) is 0 Å². The molecular weight excluding hydrogens is 488 g/mol. The van der Waals surface area contributed by atoms with Crippen LogP contribution >= 0.6 is 0 Å². The van der Waals surface area contributed by atoms with E-state index in [0.29, 0.717) is 44.1 Å². The number of hydrogen-bond acceptors (Lipinski definition) is 7. The number of fused-ring (bicyclic) bond motifs is 1. The predicted molar refractivity (Wildman–Crippen MR) is 140 cm³/mol. The highest BCUT2D eigenvalue weighted by Gasteiger charge is 2.39. The van der Waals surface area contributed by atoms with Gasteiger partial charge in [0.15, 0.2) is 0 Å². The normalized spacial score (nSPS) is 23.2. The smallest absolute Gasteiger partial charge is 0.409 e. The van der Waals surface area contributed by atoms with Crippen molar-refractivity contribution >= 4 is 29.5 Å². The third-order valence-corrected chi connectivity index (χ3v) is 7.94. The van der Waals surface area contributed by atoms with E-state index in [1.54, 1.807) is 9.80 Å². The first-order chi connectivity index (χ1) is 18.3. The number of carbonyl (C=O) groups is 4. The Balaban J connectivity index is 1.09. The lowest BCUT2D eigenvalue weighted by atomic mass is 10.0. The van der Waals surface area contributed by atoms with Crippen molar-refractivity contribution in [1.82, 2.24) is 15.1 Å². The Hall–Kier alpha value is -3.14. The van der Waals surface area contributed by atoms with Gasteiger partial charge in [0.25, 0.3) is 5.91 Å². The molecule has 38 heavy (non-hydrogen) atoms. The van der Waals surface area contributed by atoms with Crippen LogP contribution in [0.1, 0.15) is 68.3 Å². The Morgan fingerprint density at radius 3 is 2.34 bits per heavy atom. The number of benzene rings is 1. The second-order valence-corrected chi connectivity index (χ2v) is 11.2. The van der Waals surface area contributed by atoms with Crippen LogP contribution in [0.5, 0.6) is 0 Å². The maximum Gasteiger partial charge on any atom is 0.409 e. The second kappa shape index (κ2) is 11.3. The van der Waals surface area contributed by atoms with Crippen LogP contribution in [0.15, 0.2) is 18.2 Å². The molecule has 10 heteroatoms. The van der Waals surface area contributed by atoms with Gasteiger partial charge in [0.2, 0.25) is 11.8 Å². The molecule has 4 aliphatic heterocycles. The van der Waals surface area contributed by atoms with Crippen molar-refractivity contribution in [3.05, 3.63) is 29.3 Å². The Bertz CT molecular complexity index is 1080. The van der Waals surface area contributed by atoms with Crippen LogP contribution in [0, 0.1) is 5.92 Å². The van der Waals surface area contributed by atoms with Crippen molar-refractivity contribution in [3.8, 4) is 0 Å². The summed E-state index contributed by atoms with van der Waals surface area (Å²) in [5.74, 6) is -0.483. The van der Waals surface area contributed by atoms with Gasteiger partial charge in [-0.25, -0.2) is 4.79 Å². The van der Waals surface area contributed by atoms with E-state index in [-0.39, 0.29) is 42.4 Å². The molecule has 10 nitrogen and oxygen atoms in total. The fourth-order valence-corrected chi connectivity index (χ4v) is 5.78. The molecule has 3 saturated heterocycles. The van der Waals surface area contributed by atoms with E-state index in [0.717, 1.165) is 50.0 Å². The number of carbonyl (C=O) groups excluding carboxylic acids is 4. The fourth-order valence-electron chi connectivity index (χ4n) is 5.78. The number of anilines is 1. The van der Waals surface area contributed by atoms with Crippen LogP contribution in [0.25, 0.3) is 0 Å². The van der Waals surface area contributed by atoms with Crippen molar-refractivity contribution in [2.24, 2.45) is 5.92 Å². The molecule has 5 rings (SSSR count). The first-order valence-electron chi connectivity index (χ1n) is 13.9. The molecule has 206 valence electrons. The standard InChI is InChI=1S/C28H38N4O6/c1-18(2)17-37-28(36)31-13-9-22(10-14-31)38-21-7-11-30(12-8-21)20-3-4-23-19(15-20)16-32(27(23)35)24-5-6-25(33)29-26(24)34/h3-4,15,18,21-22,24H,5-14,16-17H2,1-2H3,(H,29,33,34). The molecule has 0 bridgehead atoms. The van der Waals surface area contributed by atoms with Gasteiger partial charge >= 0.3 is 6.09 Å².